The fraction of sp³-hybridized carbons (Fsp3) is 0.400. The Morgan fingerprint density at radius 1 is 1.43 bits per heavy atom. The largest absolute Gasteiger partial charge is 0.478 e. The molecule has 6 heteroatoms. The van der Waals surface area contributed by atoms with Gasteiger partial charge in [0.15, 0.2) is 5.82 Å². The first kappa shape index (κ1) is 13.8. The van der Waals surface area contributed by atoms with E-state index in [9.17, 15) is 4.79 Å². The summed E-state index contributed by atoms with van der Waals surface area (Å²) in [6.45, 7) is 3.55. The van der Waals surface area contributed by atoms with E-state index in [1.807, 2.05) is 19.1 Å². The molecule has 0 saturated carbocycles. The fourth-order valence-electron chi connectivity index (χ4n) is 2.73. The predicted octanol–water partition coefficient (Wildman–Crippen LogP) is 2.41. The monoisotopic (exact) mass is 287 g/mol. The van der Waals surface area contributed by atoms with Gasteiger partial charge in [0.1, 0.15) is 0 Å². The van der Waals surface area contributed by atoms with Crippen LogP contribution >= 0.6 is 0 Å². The molecule has 0 bridgehead atoms. The lowest BCUT2D eigenvalue weighted by Crippen LogP contribution is -2.23. The highest BCUT2D eigenvalue weighted by atomic mass is 16.5. The summed E-state index contributed by atoms with van der Waals surface area (Å²) >= 11 is 0. The number of carboxylic acid groups (broad SMARTS) is 1. The summed E-state index contributed by atoms with van der Waals surface area (Å²) in [5.74, 6) is 0.428. The Hall–Kier alpha value is -2.21. The number of hydrogen-bond acceptors (Lipinski definition) is 5. The van der Waals surface area contributed by atoms with Gasteiger partial charge in [-0.15, -0.1) is 0 Å². The predicted molar refractivity (Wildman–Crippen MR) is 74.8 cm³/mol. The molecule has 0 radical (unpaired) electrons. The fourth-order valence-corrected chi connectivity index (χ4v) is 2.73. The Bertz CT molecular complexity index is 636. The third-order valence-electron chi connectivity index (χ3n) is 3.78. The quantitative estimate of drug-likeness (QED) is 0.930. The van der Waals surface area contributed by atoms with Gasteiger partial charge in [-0.3, -0.25) is 4.90 Å². The molecule has 0 amide bonds. The number of hydrogen-bond donors (Lipinski definition) is 1. The second kappa shape index (κ2) is 5.65. The Morgan fingerprint density at radius 2 is 2.19 bits per heavy atom. The lowest BCUT2D eigenvalue weighted by atomic mass is 10.1. The average molecular weight is 287 g/mol. The normalized spacial score (nSPS) is 19.0. The number of nitrogens with zero attached hydrogens (tertiary/aromatic N) is 3. The zero-order valence-corrected chi connectivity index (χ0v) is 11.8. The van der Waals surface area contributed by atoms with Gasteiger partial charge in [0, 0.05) is 6.54 Å². The van der Waals surface area contributed by atoms with E-state index in [2.05, 4.69) is 15.0 Å². The van der Waals surface area contributed by atoms with Crippen molar-refractivity contribution >= 4 is 5.97 Å². The first-order valence-electron chi connectivity index (χ1n) is 7.00. The van der Waals surface area contributed by atoms with Crippen LogP contribution in [0.25, 0.3) is 0 Å². The topological polar surface area (TPSA) is 79.5 Å². The smallest absolute Gasteiger partial charge is 0.335 e. The Balaban J connectivity index is 1.72. The van der Waals surface area contributed by atoms with Gasteiger partial charge in [0.05, 0.1) is 11.6 Å². The van der Waals surface area contributed by atoms with Crippen LogP contribution in [-0.2, 0) is 6.54 Å². The second-order valence-electron chi connectivity index (χ2n) is 5.31. The van der Waals surface area contributed by atoms with Crippen LogP contribution in [0.2, 0.25) is 0 Å². The molecule has 0 spiro atoms. The molecule has 0 aliphatic carbocycles. The zero-order valence-electron chi connectivity index (χ0n) is 11.8. The van der Waals surface area contributed by atoms with E-state index in [-0.39, 0.29) is 6.04 Å². The molecule has 1 saturated heterocycles. The van der Waals surface area contributed by atoms with Gasteiger partial charge in [-0.05, 0) is 44.0 Å². The van der Waals surface area contributed by atoms with Gasteiger partial charge in [0.25, 0.3) is 0 Å². The minimum atomic E-state index is -0.901. The van der Waals surface area contributed by atoms with Crippen molar-refractivity contribution < 1.29 is 14.4 Å². The maximum Gasteiger partial charge on any atom is 0.335 e. The van der Waals surface area contributed by atoms with Gasteiger partial charge in [0.2, 0.25) is 5.89 Å². The number of aryl methyl sites for hydroxylation is 1. The second-order valence-corrected chi connectivity index (χ2v) is 5.31. The Morgan fingerprint density at radius 3 is 2.81 bits per heavy atom. The van der Waals surface area contributed by atoms with Crippen molar-refractivity contribution in [3.8, 4) is 0 Å². The molecule has 1 fully saturated rings. The summed E-state index contributed by atoms with van der Waals surface area (Å²) < 4.78 is 5.29. The molecule has 6 nitrogen and oxygen atoms in total. The third kappa shape index (κ3) is 2.95. The minimum Gasteiger partial charge on any atom is -0.478 e. The summed E-state index contributed by atoms with van der Waals surface area (Å²) in [5.41, 5.74) is 1.40. The van der Waals surface area contributed by atoms with Crippen molar-refractivity contribution in [1.82, 2.24) is 15.0 Å². The van der Waals surface area contributed by atoms with E-state index >= 15 is 0 Å². The van der Waals surface area contributed by atoms with Crippen LogP contribution in [0, 0.1) is 6.92 Å². The van der Waals surface area contributed by atoms with Gasteiger partial charge in [-0.25, -0.2) is 4.79 Å². The highest BCUT2D eigenvalue weighted by Crippen LogP contribution is 2.32. The lowest BCUT2D eigenvalue weighted by molar-refractivity contribution is 0.0697. The molecule has 1 aliphatic rings. The molecule has 1 N–H and O–H groups in total. The summed E-state index contributed by atoms with van der Waals surface area (Å²) in [6, 6.07) is 7.15. The highest BCUT2D eigenvalue weighted by molar-refractivity contribution is 5.87. The summed E-state index contributed by atoms with van der Waals surface area (Å²) in [4.78, 5) is 17.5. The number of carboxylic acids is 1. The molecule has 1 aromatic carbocycles. The summed E-state index contributed by atoms with van der Waals surface area (Å²) in [7, 11) is 0. The summed E-state index contributed by atoms with van der Waals surface area (Å²) in [5, 5.41) is 12.8. The molecule has 110 valence electrons. The van der Waals surface area contributed by atoms with Gasteiger partial charge >= 0.3 is 5.97 Å². The van der Waals surface area contributed by atoms with Crippen molar-refractivity contribution in [2.24, 2.45) is 0 Å². The molecule has 2 aromatic rings. The van der Waals surface area contributed by atoms with Crippen LogP contribution in [0.5, 0.6) is 0 Å². The molecule has 21 heavy (non-hydrogen) atoms. The Kier molecular flexibility index (Phi) is 3.70. The van der Waals surface area contributed by atoms with E-state index in [1.54, 1.807) is 12.1 Å². The first-order chi connectivity index (χ1) is 10.1. The molecular weight excluding hydrogens is 270 g/mol. The molecule has 2 heterocycles. The SMILES string of the molecule is Cc1noc(C2CCCN2Cc2ccc(C(=O)O)cc2)n1. The number of carbonyl (C=O) groups is 1. The summed E-state index contributed by atoms with van der Waals surface area (Å²) in [6.07, 6.45) is 2.11. The van der Waals surface area contributed by atoms with Crippen molar-refractivity contribution in [3.05, 3.63) is 47.1 Å². The van der Waals surface area contributed by atoms with Crippen LogP contribution in [-0.4, -0.2) is 32.7 Å². The maximum absolute atomic E-state index is 10.9. The Labute approximate surface area is 122 Å². The van der Waals surface area contributed by atoms with E-state index in [0.29, 0.717) is 17.3 Å². The van der Waals surface area contributed by atoms with Crippen LogP contribution in [0.4, 0.5) is 0 Å². The first-order valence-corrected chi connectivity index (χ1v) is 7.00. The molecule has 1 aliphatic heterocycles. The van der Waals surface area contributed by atoms with Crippen LogP contribution < -0.4 is 0 Å². The van der Waals surface area contributed by atoms with Crippen molar-refractivity contribution in [3.63, 3.8) is 0 Å². The number of aromatic nitrogens is 2. The number of rotatable bonds is 4. The molecule has 3 rings (SSSR count). The molecular formula is C15H17N3O3. The van der Waals surface area contributed by atoms with Crippen LogP contribution in [0.3, 0.4) is 0 Å². The highest BCUT2D eigenvalue weighted by Gasteiger charge is 2.30. The maximum atomic E-state index is 10.9. The molecule has 1 atom stereocenters. The molecule has 1 aromatic heterocycles. The van der Waals surface area contributed by atoms with Gasteiger partial charge < -0.3 is 9.63 Å². The van der Waals surface area contributed by atoms with Crippen molar-refractivity contribution in [1.29, 1.82) is 0 Å². The number of likely N-dealkylation sites (tertiary alicyclic amines) is 1. The van der Waals surface area contributed by atoms with Crippen LogP contribution in [0.15, 0.2) is 28.8 Å². The van der Waals surface area contributed by atoms with E-state index < -0.39 is 5.97 Å². The number of benzene rings is 1. The third-order valence-corrected chi connectivity index (χ3v) is 3.78. The van der Waals surface area contributed by atoms with Crippen molar-refractivity contribution in [2.45, 2.75) is 32.4 Å². The standard InChI is InChI=1S/C15H17N3O3/c1-10-16-14(21-17-10)13-3-2-8-18(13)9-11-4-6-12(7-5-11)15(19)20/h4-7,13H,2-3,8-9H2,1H3,(H,19,20). The number of aromatic carboxylic acids is 1. The zero-order chi connectivity index (χ0) is 14.8. The minimum absolute atomic E-state index is 0.158. The van der Waals surface area contributed by atoms with Gasteiger partial charge in [-0.2, -0.15) is 4.98 Å². The average Bonchev–Trinajstić information content (AvgIpc) is 3.08. The van der Waals surface area contributed by atoms with E-state index in [1.165, 1.54) is 0 Å². The lowest BCUT2D eigenvalue weighted by Gasteiger charge is -2.21. The van der Waals surface area contributed by atoms with E-state index in [0.717, 1.165) is 31.5 Å². The van der Waals surface area contributed by atoms with Crippen LogP contribution in [0.1, 0.15) is 46.5 Å². The molecule has 1 unspecified atom stereocenters. The van der Waals surface area contributed by atoms with E-state index in [4.69, 9.17) is 9.63 Å². The van der Waals surface area contributed by atoms with Gasteiger partial charge in [-0.1, -0.05) is 17.3 Å². The van der Waals surface area contributed by atoms with Crippen molar-refractivity contribution in [2.75, 3.05) is 6.54 Å².